The molecular weight excluding hydrogens is 230 g/mol. The molecule has 0 radical (unpaired) electrons. The number of aliphatic hydroxyl groups excluding tert-OH is 2. The summed E-state index contributed by atoms with van der Waals surface area (Å²) in [6.07, 6.45) is 0.257. The molecule has 0 bridgehead atoms. The quantitative estimate of drug-likeness (QED) is 0.750. The monoisotopic (exact) mass is 249 g/mol. The van der Waals surface area contributed by atoms with Crippen molar-refractivity contribution in [1.82, 2.24) is 5.32 Å². The fourth-order valence-electron chi connectivity index (χ4n) is 2.15. The highest BCUT2D eigenvalue weighted by Gasteiger charge is 2.47. The van der Waals surface area contributed by atoms with Gasteiger partial charge in [0.15, 0.2) is 0 Å². The lowest BCUT2D eigenvalue weighted by atomic mass is 9.64. The molecule has 3 N–H and O–H groups in total. The summed E-state index contributed by atoms with van der Waals surface area (Å²) in [5.74, 6) is -0.135. The highest BCUT2D eigenvalue weighted by molar-refractivity contribution is 5.94. The molecule has 0 spiro atoms. The number of amides is 1. The Bertz CT molecular complexity index is 439. The first kappa shape index (κ1) is 13.1. The number of benzene rings is 1. The fraction of sp³-hybridized carbons (Fsp3) is 0.500. The van der Waals surface area contributed by atoms with Gasteiger partial charge in [-0.2, -0.15) is 0 Å². The summed E-state index contributed by atoms with van der Waals surface area (Å²) in [4.78, 5) is 12.0. The van der Waals surface area contributed by atoms with E-state index in [2.05, 4.69) is 5.32 Å². The molecule has 0 heterocycles. The third-order valence-electron chi connectivity index (χ3n) is 3.92. The van der Waals surface area contributed by atoms with Crippen LogP contribution in [0.3, 0.4) is 0 Å². The Morgan fingerprint density at radius 1 is 1.39 bits per heavy atom. The molecule has 1 aromatic carbocycles. The summed E-state index contributed by atoms with van der Waals surface area (Å²) in [6, 6.07) is 6.87. The van der Waals surface area contributed by atoms with Crippen molar-refractivity contribution in [2.75, 3.05) is 0 Å². The summed E-state index contributed by atoms with van der Waals surface area (Å²) in [5.41, 5.74) is 1.09. The van der Waals surface area contributed by atoms with Crippen LogP contribution in [-0.4, -0.2) is 28.3 Å². The van der Waals surface area contributed by atoms with Gasteiger partial charge in [-0.05, 0) is 24.1 Å². The predicted molar refractivity (Wildman–Crippen MR) is 68.0 cm³/mol. The first-order chi connectivity index (χ1) is 8.45. The third-order valence-corrected chi connectivity index (χ3v) is 3.92. The Labute approximate surface area is 107 Å². The van der Waals surface area contributed by atoms with Crippen molar-refractivity contribution in [1.29, 1.82) is 0 Å². The SMILES string of the molecule is CC1(C)C(O)CC1NC(=O)c1ccc(CO)cc1. The molecule has 98 valence electrons. The van der Waals surface area contributed by atoms with Gasteiger partial charge in [0.1, 0.15) is 0 Å². The molecular formula is C14H19NO3. The van der Waals surface area contributed by atoms with Gasteiger partial charge in [-0.25, -0.2) is 0 Å². The zero-order chi connectivity index (χ0) is 13.3. The van der Waals surface area contributed by atoms with Crippen molar-refractivity contribution >= 4 is 5.91 Å². The lowest BCUT2D eigenvalue weighted by Gasteiger charge is -2.49. The molecule has 2 rings (SSSR count). The van der Waals surface area contributed by atoms with Crippen LogP contribution in [0.15, 0.2) is 24.3 Å². The molecule has 0 saturated heterocycles. The Morgan fingerprint density at radius 3 is 2.44 bits per heavy atom. The van der Waals surface area contributed by atoms with Crippen LogP contribution in [0.4, 0.5) is 0 Å². The van der Waals surface area contributed by atoms with Crippen molar-refractivity contribution in [3.8, 4) is 0 Å². The van der Waals surface area contributed by atoms with Gasteiger partial charge in [-0.3, -0.25) is 4.79 Å². The van der Waals surface area contributed by atoms with E-state index in [9.17, 15) is 9.90 Å². The van der Waals surface area contributed by atoms with E-state index in [4.69, 9.17) is 5.11 Å². The second kappa shape index (κ2) is 4.71. The lowest BCUT2D eigenvalue weighted by Crippen LogP contribution is -2.61. The van der Waals surface area contributed by atoms with E-state index in [-0.39, 0.29) is 30.1 Å². The van der Waals surface area contributed by atoms with Crippen molar-refractivity contribution in [3.05, 3.63) is 35.4 Å². The Kier molecular flexibility index (Phi) is 3.41. The molecule has 2 unspecified atom stereocenters. The van der Waals surface area contributed by atoms with Crippen LogP contribution in [0.2, 0.25) is 0 Å². The van der Waals surface area contributed by atoms with Crippen molar-refractivity contribution in [3.63, 3.8) is 0 Å². The Hall–Kier alpha value is -1.39. The molecule has 0 aromatic heterocycles. The molecule has 1 fully saturated rings. The minimum absolute atomic E-state index is 0.0116. The van der Waals surface area contributed by atoms with Crippen molar-refractivity contribution < 1.29 is 15.0 Å². The van der Waals surface area contributed by atoms with Gasteiger partial charge in [0.05, 0.1) is 12.7 Å². The second-order valence-electron chi connectivity index (χ2n) is 5.45. The maximum absolute atomic E-state index is 12.0. The first-order valence-corrected chi connectivity index (χ1v) is 6.14. The third kappa shape index (κ3) is 2.26. The molecule has 1 aromatic rings. The number of nitrogens with one attached hydrogen (secondary N) is 1. The standard InChI is InChI=1S/C14H19NO3/c1-14(2)11(7-12(14)17)15-13(18)10-5-3-9(8-16)4-6-10/h3-6,11-12,16-17H,7-8H2,1-2H3,(H,15,18). The Morgan fingerprint density at radius 2 is 2.00 bits per heavy atom. The minimum atomic E-state index is -0.348. The van der Waals surface area contributed by atoms with Crippen LogP contribution < -0.4 is 5.32 Å². The normalized spacial score (nSPS) is 25.3. The van der Waals surface area contributed by atoms with E-state index < -0.39 is 0 Å². The van der Waals surface area contributed by atoms with Gasteiger partial charge < -0.3 is 15.5 Å². The largest absolute Gasteiger partial charge is 0.392 e. The molecule has 1 aliphatic carbocycles. The summed E-state index contributed by atoms with van der Waals surface area (Å²) in [6.45, 7) is 3.87. The van der Waals surface area contributed by atoms with Crippen LogP contribution >= 0.6 is 0 Å². The average molecular weight is 249 g/mol. The molecule has 18 heavy (non-hydrogen) atoms. The van der Waals surface area contributed by atoms with Gasteiger partial charge in [-0.1, -0.05) is 26.0 Å². The number of carbonyl (C=O) groups is 1. The average Bonchev–Trinajstić information content (AvgIpc) is 2.38. The topological polar surface area (TPSA) is 69.6 Å². The summed E-state index contributed by atoms with van der Waals surface area (Å²) >= 11 is 0. The molecule has 4 nitrogen and oxygen atoms in total. The van der Waals surface area contributed by atoms with Crippen molar-refractivity contribution in [2.24, 2.45) is 5.41 Å². The van der Waals surface area contributed by atoms with E-state index in [1.54, 1.807) is 24.3 Å². The van der Waals surface area contributed by atoms with Gasteiger partial charge >= 0.3 is 0 Å². The number of carbonyl (C=O) groups excluding carboxylic acids is 1. The van der Waals surface area contributed by atoms with Crippen LogP contribution in [0, 0.1) is 5.41 Å². The maximum Gasteiger partial charge on any atom is 0.251 e. The zero-order valence-electron chi connectivity index (χ0n) is 10.7. The molecule has 1 aliphatic rings. The van der Waals surface area contributed by atoms with E-state index in [1.165, 1.54) is 0 Å². The number of aliphatic hydroxyl groups is 2. The molecule has 4 heteroatoms. The zero-order valence-corrected chi connectivity index (χ0v) is 10.7. The molecule has 2 atom stereocenters. The minimum Gasteiger partial charge on any atom is -0.392 e. The molecule has 1 saturated carbocycles. The number of hydrogen-bond acceptors (Lipinski definition) is 3. The van der Waals surface area contributed by atoms with Gasteiger partial charge in [0.25, 0.3) is 5.91 Å². The fourth-order valence-corrected chi connectivity index (χ4v) is 2.15. The van der Waals surface area contributed by atoms with E-state index >= 15 is 0 Å². The van der Waals surface area contributed by atoms with Gasteiger partial charge in [0.2, 0.25) is 0 Å². The highest BCUT2D eigenvalue weighted by Crippen LogP contribution is 2.40. The smallest absolute Gasteiger partial charge is 0.251 e. The van der Waals surface area contributed by atoms with Crippen LogP contribution in [0.25, 0.3) is 0 Å². The molecule has 0 aliphatic heterocycles. The Balaban J connectivity index is 2.00. The lowest BCUT2D eigenvalue weighted by molar-refractivity contribution is -0.0689. The highest BCUT2D eigenvalue weighted by atomic mass is 16.3. The van der Waals surface area contributed by atoms with E-state index in [0.717, 1.165) is 5.56 Å². The second-order valence-corrected chi connectivity index (χ2v) is 5.45. The molecule has 1 amide bonds. The maximum atomic E-state index is 12.0. The van der Waals surface area contributed by atoms with E-state index in [0.29, 0.717) is 12.0 Å². The predicted octanol–water partition coefficient (Wildman–Crippen LogP) is 1.07. The van der Waals surface area contributed by atoms with Crippen LogP contribution in [0.5, 0.6) is 0 Å². The first-order valence-electron chi connectivity index (χ1n) is 6.14. The summed E-state index contributed by atoms with van der Waals surface area (Å²) < 4.78 is 0. The van der Waals surface area contributed by atoms with Crippen LogP contribution in [0.1, 0.15) is 36.2 Å². The number of hydrogen-bond donors (Lipinski definition) is 3. The van der Waals surface area contributed by atoms with E-state index in [1.807, 2.05) is 13.8 Å². The van der Waals surface area contributed by atoms with Crippen LogP contribution in [-0.2, 0) is 6.61 Å². The van der Waals surface area contributed by atoms with Gasteiger partial charge in [-0.15, -0.1) is 0 Å². The number of rotatable bonds is 3. The summed E-state index contributed by atoms with van der Waals surface area (Å²) in [5, 5.41) is 21.5. The summed E-state index contributed by atoms with van der Waals surface area (Å²) in [7, 11) is 0. The van der Waals surface area contributed by atoms with Gasteiger partial charge in [0, 0.05) is 17.0 Å². The van der Waals surface area contributed by atoms with Crippen molar-refractivity contribution in [2.45, 2.75) is 39.0 Å².